The molecular weight excluding hydrogens is 269 g/mol. The SMILES string of the molecule is Fc1cncc(Cl)c1NCc1noc2c1CCCC2. The summed E-state index contributed by atoms with van der Waals surface area (Å²) in [5, 5.41) is 7.28. The highest BCUT2D eigenvalue weighted by atomic mass is 35.5. The molecule has 1 aliphatic rings. The number of fused-ring (bicyclic) bond motifs is 1. The van der Waals surface area contributed by atoms with Crippen LogP contribution in [0.1, 0.15) is 29.9 Å². The van der Waals surface area contributed by atoms with Gasteiger partial charge in [0, 0.05) is 18.2 Å². The first-order valence-electron chi connectivity index (χ1n) is 6.25. The minimum Gasteiger partial charge on any atom is -0.376 e. The Kier molecular flexibility index (Phi) is 3.38. The topological polar surface area (TPSA) is 51.0 Å². The van der Waals surface area contributed by atoms with Crippen LogP contribution in [0.25, 0.3) is 0 Å². The second kappa shape index (κ2) is 5.17. The van der Waals surface area contributed by atoms with Gasteiger partial charge in [0.2, 0.25) is 0 Å². The highest BCUT2D eigenvalue weighted by Gasteiger charge is 2.19. The van der Waals surface area contributed by atoms with Gasteiger partial charge in [-0.25, -0.2) is 4.39 Å². The molecule has 0 saturated carbocycles. The molecule has 0 aliphatic heterocycles. The minimum atomic E-state index is -0.468. The van der Waals surface area contributed by atoms with Gasteiger partial charge in [-0.05, 0) is 19.3 Å². The number of aryl methyl sites for hydroxylation is 1. The average molecular weight is 282 g/mol. The van der Waals surface area contributed by atoms with Crippen molar-refractivity contribution in [2.45, 2.75) is 32.2 Å². The first kappa shape index (κ1) is 12.4. The number of hydrogen-bond donors (Lipinski definition) is 1. The molecular formula is C13H13ClFN3O. The lowest BCUT2D eigenvalue weighted by atomic mass is 9.96. The van der Waals surface area contributed by atoms with Crippen molar-refractivity contribution in [2.75, 3.05) is 5.32 Å². The maximum Gasteiger partial charge on any atom is 0.166 e. The fourth-order valence-electron chi connectivity index (χ4n) is 2.34. The Morgan fingerprint density at radius 1 is 1.32 bits per heavy atom. The lowest BCUT2D eigenvalue weighted by molar-refractivity contribution is 0.368. The first-order chi connectivity index (χ1) is 9.25. The molecule has 3 rings (SSSR count). The Morgan fingerprint density at radius 2 is 2.16 bits per heavy atom. The van der Waals surface area contributed by atoms with Crippen LogP contribution in [-0.2, 0) is 19.4 Å². The van der Waals surface area contributed by atoms with Gasteiger partial charge in [-0.15, -0.1) is 0 Å². The molecule has 1 N–H and O–H groups in total. The maximum absolute atomic E-state index is 13.6. The van der Waals surface area contributed by atoms with E-state index in [9.17, 15) is 4.39 Å². The summed E-state index contributed by atoms with van der Waals surface area (Å²) in [6, 6.07) is 0. The smallest absolute Gasteiger partial charge is 0.166 e. The van der Waals surface area contributed by atoms with Crippen molar-refractivity contribution in [1.29, 1.82) is 0 Å². The zero-order chi connectivity index (χ0) is 13.2. The molecule has 0 atom stereocenters. The molecule has 0 fully saturated rings. The Hall–Kier alpha value is -1.62. The second-order valence-electron chi connectivity index (χ2n) is 4.57. The number of anilines is 1. The molecule has 0 amide bonds. The minimum absolute atomic E-state index is 0.254. The Balaban J connectivity index is 1.78. The summed E-state index contributed by atoms with van der Waals surface area (Å²) in [5.74, 6) is 0.495. The summed E-state index contributed by atoms with van der Waals surface area (Å²) >= 11 is 5.90. The van der Waals surface area contributed by atoms with Gasteiger partial charge >= 0.3 is 0 Å². The number of nitrogens with zero attached hydrogens (tertiary/aromatic N) is 2. The third-order valence-electron chi connectivity index (χ3n) is 3.32. The van der Waals surface area contributed by atoms with E-state index in [1.807, 2.05) is 0 Å². The standard InChI is InChI=1S/C13H13ClFN3O/c14-9-5-16-6-10(15)13(9)17-7-11-8-3-1-2-4-12(8)19-18-11/h5-6H,1-4,7H2,(H,16,17). The molecule has 0 radical (unpaired) electrons. The van der Waals surface area contributed by atoms with Crippen LogP contribution in [-0.4, -0.2) is 10.1 Å². The van der Waals surface area contributed by atoms with Crippen molar-refractivity contribution in [3.63, 3.8) is 0 Å². The van der Waals surface area contributed by atoms with E-state index in [2.05, 4.69) is 15.5 Å². The highest BCUT2D eigenvalue weighted by molar-refractivity contribution is 6.33. The van der Waals surface area contributed by atoms with Crippen molar-refractivity contribution in [3.05, 3.63) is 40.3 Å². The van der Waals surface area contributed by atoms with Crippen LogP contribution >= 0.6 is 11.6 Å². The molecule has 0 spiro atoms. The summed E-state index contributed by atoms with van der Waals surface area (Å²) in [7, 11) is 0. The van der Waals surface area contributed by atoms with Crippen molar-refractivity contribution in [2.24, 2.45) is 0 Å². The summed E-state index contributed by atoms with van der Waals surface area (Å²) < 4.78 is 18.9. The fourth-order valence-corrected chi connectivity index (χ4v) is 2.55. The molecule has 19 heavy (non-hydrogen) atoms. The molecule has 1 aliphatic carbocycles. The Labute approximate surface area is 115 Å². The van der Waals surface area contributed by atoms with Gasteiger partial charge in [0.05, 0.1) is 23.5 Å². The van der Waals surface area contributed by atoms with E-state index in [1.165, 1.54) is 6.20 Å². The zero-order valence-corrected chi connectivity index (χ0v) is 11.0. The van der Waals surface area contributed by atoms with Gasteiger partial charge in [-0.1, -0.05) is 16.8 Å². The molecule has 0 aromatic carbocycles. The van der Waals surface area contributed by atoms with Gasteiger partial charge in [-0.3, -0.25) is 4.98 Å². The molecule has 0 bridgehead atoms. The Bertz CT molecular complexity index is 579. The molecule has 6 heteroatoms. The highest BCUT2D eigenvalue weighted by Crippen LogP contribution is 2.27. The molecule has 100 valence electrons. The van der Waals surface area contributed by atoms with Crippen LogP contribution in [0.2, 0.25) is 5.02 Å². The average Bonchev–Trinajstić information content (AvgIpc) is 2.82. The zero-order valence-electron chi connectivity index (χ0n) is 10.2. The van der Waals surface area contributed by atoms with E-state index in [0.29, 0.717) is 6.54 Å². The second-order valence-corrected chi connectivity index (χ2v) is 4.98. The molecule has 0 unspecified atom stereocenters. The van der Waals surface area contributed by atoms with E-state index >= 15 is 0 Å². The number of pyridine rings is 1. The normalized spacial score (nSPS) is 14.2. The van der Waals surface area contributed by atoms with Crippen LogP contribution < -0.4 is 5.32 Å². The van der Waals surface area contributed by atoms with Crippen LogP contribution in [0, 0.1) is 5.82 Å². The quantitative estimate of drug-likeness (QED) is 0.937. The van der Waals surface area contributed by atoms with E-state index in [-0.39, 0.29) is 10.7 Å². The Morgan fingerprint density at radius 3 is 3.00 bits per heavy atom. The number of aromatic nitrogens is 2. The van der Waals surface area contributed by atoms with E-state index in [0.717, 1.165) is 48.9 Å². The van der Waals surface area contributed by atoms with E-state index in [1.54, 1.807) is 0 Å². The maximum atomic E-state index is 13.6. The van der Waals surface area contributed by atoms with Crippen molar-refractivity contribution < 1.29 is 8.91 Å². The number of rotatable bonds is 3. The molecule has 0 saturated heterocycles. The van der Waals surface area contributed by atoms with Gasteiger partial charge in [-0.2, -0.15) is 0 Å². The van der Waals surface area contributed by atoms with Crippen LogP contribution in [0.5, 0.6) is 0 Å². The molecule has 2 aromatic heterocycles. The van der Waals surface area contributed by atoms with Crippen molar-refractivity contribution in [1.82, 2.24) is 10.1 Å². The third kappa shape index (κ3) is 2.42. The summed E-state index contributed by atoms with van der Waals surface area (Å²) in [4.78, 5) is 3.68. The number of nitrogens with one attached hydrogen (secondary N) is 1. The van der Waals surface area contributed by atoms with E-state index in [4.69, 9.17) is 16.1 Å². The summed E-state index contributed by atoms with van der Waals surface area (Å²) in [6.07, 6.45) is 6.73. The largest absolute Gasteiger partial charge is 0.376 e. The van der Waals surface area contributed by atoms with E-state index < -0.39 is 5.82 Å². The third-order valence-corrected chi connectivity index (χ3v) is 3.60. The van der Waals surface area contributed by atoms with Crippen LogP contribution in [0.4, 0.5) is 10.1 Å². The van der Waals surface area contributed by atoms with Crippen LogP contribution in [0.3, 0.4) is 0 Å². The lowest BCUT2D eigenvalue weighted by Gasteiger charge is -2.11. The summed E-state index contributed by atoms with van der Waals surface area (Å²) in [5.41, 5.74) is 2.25. The molecule has 2 aromatic rings. The van der Waals surface area contributed by atoms with Gasteiger partial charge in [0.15, 0.2) is 5.82 Å². The monoisotopic (exact) mass is 281 g/mol. The predicted octanol–water partition coefficient (Wildman–Crippen LogP) is 3.35. The fraction of sp³-hybridized carbons (Fsp3) is 0.385. The molecule has 4 nitrogen and oxygen atoms in total. The van der Waals surface area contributed by atoms with Crippen LogP contribution in [0.15, 0.2) is 16.9 Å². The molecule has 2 heterocycles. The van der Waals surface area contributed by atoms with Gasteiger partial charge in [0.25, 0.3) is 0 Å². The first-order valence-corrected chi connectivity index (χ1v) is 6.62. The van der Waals surface area contributed by atoms with Gasteiger partial charge < -0.3 is 9.84 Å². The number of hydrogen-bond acceptors (Lipinski definition) is 4. The van der Waals surface area contributed by atoms with Gasteiger partial charge in [0.1, 0.15) is 11.5 Å². The summed E-state index contributed by atoms with van der Waals surface area (Å²) in [6.45, 7) is 0.402. The number of halogens is 2. The predicted molar refractivity (Wildman–Crippen MR) is 69.7 cm³/mol. The lowest BCUT2D eigenvalue weighted by Crippen LogP contribution is -2.07. The van der Waals surface area contributed by atoms with Crippen molar-refractivity contribution in [3.8, 4) is 0 Å². The van der Waals surface area contributed by atoms with Crippen molar-refractivity contribution >= 4 is 17.3 Å².